The summed E-state index contributed by atoms with van der Waals surface area (Å²) in [5.41, 5.74) is 1.79. The normalized spacial score (nSPS) is 10.5. The van der Waals surface area contributed by atoms with Crippen molar-refractivity contribution < 1.29 is 14.3 Å². The molecule has 2 heterocycles. The molecule has 2 aromatic heterocycles. The van der Waals surface area contributed by atoms with Crippen LogP contribution in [0, 0.1) is 0 Å². The highest BCUT2D eigenvalue weighted by molar-refractivity contribution is 6.28. The molecule has 9 nitrogen and oxygen atoms in total. The predicted octanol–water partition coefficient (Wildman–Crippen LogP) is 2.23. The van der Waals surface area contributed by atoms with E-state index in [2.05, 4.69) is 30.6 Å². The topological polar surface area (TPSA) is 122 Å². The van der Waals surface area contributed by atoms with Crippen LogP contribution in [0.15, 0.2) is 30.6 Å². The van der Waals surface area contributed by atoms with Gasteiger partial charge in [0.2, 0.25) is 11.2 Å². The zero-order chi connectivity index (χ0) is 18.5. The third-order valence-electron chi connectivity index (χ3n) is 3.33. The monoisotopic (exact) mass is 374 g/mol. The number of anilines is 2. The summed E-state index contributed by atoms with van der Waals surface area (Å²) in [6.45, 7) is 1.94. The molecule has 3 N–H and O–H groups in total. The van der Waals surface area contributed by atoms with Gasteiger partial charge in [0, 0.05) is 5.69 Å². The number of H-pyrrole nitrogens is 1. The SMILES string of the molecule is CCOC(=O)c1cccc(NC(=O)CNc2nc(Cl)nc3nc[nH]c23)c1. The molecule has 3 aromatic rings. The number of benzene rings is 1. The standard InChI is InChI=1S/C16H15ClN6O3/c1-2-26-15(25)9-4-3-5-10(6-9)21-11(24)7-18-13-12-14(20-8-19-12)23-16(17)22-13/h3-6,8H,2,7H2,1H3,(H,21,24)(H2,18,19,20,22,23). The minimum absolute atomic E-state index is 0.0228. The highest BCUT2D eigenvalue weighted by atomic mass is 35.5. The summed E-state index contributed by atoms with van der Waals surface area (Å²) in [6.07, 6.45) is 1.46. The molecule has 0 fully saturated rings. The van der Waals surface area contributed by atoms with Gasteiger partial charge in [-0.3, -0.25) is 4.79 Å². The fourth-order valence-corrected chi connectivity index (χ4v) is 2.41. The summed E-state index contributed by atoms with van der Waals surface area (Å²) >= 11 is 5.84. The van der Waals surface area contributed by atoms with Crippen LogP contribution in [-0.2, 0) is 9.53 Å². The molecule has 0 atom stereocenters. The zero-order valence-corrected chi connectivity index (χ0v) is 14.5. The molecule has 0 radical (unpaired) electrons. The number of imidazole rings is 1. The van der Waals surface area contributed by atoms with Crippen LogP contribution in [0.25, 0.3) is 11.2 Å². The Morgan fingerprint density at radius 1 is 1.31 bits per heavy atom. The molecule has 0 saturated carbocycles. The average molecular weight is 375 g/mol. The molecule has 0 aliphatic rings. The highest BCUT2D eigenvalue weighted by Crippen LogP contribution is 2.18. The van der Waals surface area contributed by atoms with Gasteiger partial charge in [0.25, 0.3) is 0 Å². The number of amides is 1. The maximum absolute atomic E-state index is 12.2. The predicted molar refractivity (Wildman–Crippen MR) is 96.2 cm³/mol. The van der Waals surface area contributed by atoms with Gasteiger partial charge in [-0.2, -0.15) is 9.97 Å². The smallest absolute Gasteiger partial charge is 0.338 e. The van der Waals surface area contributed by atoms with Gasteiger partial charge in [-0.1, -0.05) is 6.07 Å². The molecule has 0 bridgehead atoms. The van der Waals surface area contributed by atoms with E-state index >= 15 is 0 Å². The number of hydrogen-bond donors (Lipinski definition) is 3. The Hall–Kier alpha value is -3.20. The van der Waals surface area contributed by atoms with Crippen molar-refractivity contribution in [2.75, 3.05) is 23.8 Å². The fourth-order valence-electron chi connectivity index (χ4n) is 2.24. The van der Waals surface area contributed by atoms with Gasteiger partial charge >= 0.3 is 5.97 Å². The number of carbonyl (C=O) groups excluding carboxylic acids is 2. The van der Waals surface area contributed by atoms with Crippen LogP contribution in [0.4, 0.5) is 11.5 Å². The van der Waals surface area contributed by atoms with Crippen molar-refractivity contribution in [2.24, 2.45) is 0 Å². The molecular weight excluding hydrogens is 360 g/mol. The van der Waals surface area contributed by atoms with Crippen molar-refractivity contribution in [1.82, 2.24) is 19.9 Å². The Morgan fingerprint density at radius 2 is 2.15 bits per heavy atom. The second-order valence-corrected chi connectivity index (χ2v) is 5.48. The number of nitrogens with zero attached hydrogens (tertiary/aromatic N) is 3. The van der Waals surface area contributed by atoms with Crippen LogP contribution < -0.4 is 10.6 Å². The lowest BCUT2D eigenvalue weighted by Gasteiger charge is -2.09. The molecule has 1 aromatic carbocycles. The zero-order valence-electron chi connectivity index (χ0n) is 13.7. The highest BCUT2D eigenvalue weighted by Gasteiger charge is 2.11. The Morgan fingerprint density at radius 3 is 2.96 bits per heavy atom. The fraction of sp³-hybridized carbons (Fsp3) is 0.188. The first-order valence-corrected chi connectivity index (χ1v) is 8.12. The lowest BCUT2D eigenvalue weighted by atomic mass is 10.2. The number of fused-ring (bicyclic) bond motifs is 1. The van der Waals surface area contributed by atoms with Gasteiger partial charge in [0.05, 0.1) is 25.0 Å². The quantitative estimate of drug-likeness (QED) is 0.446. The third kappa shape index (κ3) is 4.06. The number of halogens is 1. The lowest BCUT2D eigenvalue weighted by molar-refractivity contribution is -0.114. The minimum Gasteiger partial charge on any atom is -0.462 e. The first-order chi connectivity index (χ1) is 12.6. The van der Waals surface area contributed by atoms with E-state index in [1.54, 1.807) is 31.2 Å². The summed E-state index contributed by atoms with van der Waals surface area (Å²) < 4.78 is 4.94. The van der Waals surface area contributed by atoms with E-state index in [0.29, 0.717) is 28.2 Å². The number of carbonyl (C=O) groups is 2. The van der Waals surface area contributed by atoms with E-state index in [-0.39, 0.29) is 24.3 Å². The van der Waals surface area contributed by atoms with Crippen LogP contribution in [0.2, 0.25) is 5.28 Å². The van der Waals surface area contributed by atoms with Gasteiger partial charge in [0.15, 0.2) is 11.5 Å². The Labute approximate surface area is 153 Å². The summed E-state index contributed by atoms with van der Waals surface area (Å²) in [5, 5.41) is 5.60. The number of aromatic nitrogens is 4. The van der Waals surface area contributed by atoms with Crippen molar-refractivity contribution in [3.05, 3.63) is 41.4 Å². The van der Waals surface area contributed by atoms with Gasteiger partial charge < -0.3 is 20.4 Å². The Balaban J connectivity index is 1.65. The van der Waals surface area contributed by atoms with Gasteiger partial charge in [-0.15, -0.1) is 0 Å². The molecule has 10 heteroatoms. The number of ether oxygens (including phenoxy) is 1. The van der Waals surface area contributed by atoms with Crippen molar-refractivity contribution >= 4 is 46.1 Å². The second-order valence-electron chi connectivity index (χ2n) is 5.15. The van der Waals surface area contributed by atoms with Gasteiger partial charge in [-0.05, 0) is 36.7 Å². The van der Waals surface area contributed by atoms with Crippen LogP contribution >= 0.6 is 11.6 Å². The largest absolute Gasteiger partial charge is 0.462 e. The maximum Gasteiger partial charge on any atom is 0.338 e. The van der Waals surface area contributed by atoms with Crippen molar-refractivity contribution in [3.63, 3.8) is 0 Å². The first-order valence-electron chi connectivity index (χ1n) is 7.74. The van der Waals surface area contributed by atoms with Gasteiger partial charge in [0.1, 0.15) is 5.52 Å². The molecule has 1 amide bonds. The van der Waals surface area contributed by atoms with E-state index in [9.17, 15) is 9.59 Å². The molecule has 0 aliphatic heterocycles. The molecule has 0 saturated heterocycles. The first kappa shape index (κ1) is 17.6. The van der Waals surface area contributed by atoms with E-state index in [0.717, 1.165) is 0 Å². The van der Waals surface area contributed by atoms with E-state index in [1.807, 2.05) is 0 Å². The summed E-state index contributed by atoms with van der Waals surface area (Å²) in [6, 6.07) is 6.50. The van der Waals surface area contributed by atoms with Crippen molar-refractivity contribution in [2.45, 2.75) is 6.92 Å². The number of aromatic amines is 1. The maximum atomic E-state index is 12.2. The molecular formula is C16H15ClN6O3. The van der Waals surface area contributed by atoms with Gasteiger partial charge in [-0.25, -0.2) is 9.78 Å². The Kier molecular flexibility index (Phi) is 5.28. The molecule has 0 aliphatic carbocycles. The third-order valence-corrected chi connectivity index (χ3v) is 3.50. The molecule has 134 valence electrons. The lowest BCUT2D eigenvalue weighted by Crippen LogP contribution is -2.22. The number of rotatable bonds is 6. The number of nitrogens with one attached hydrogen (secondary N) is 3. The van der Waals surface area contributed by atoms with E-state index in [4.69, 9.17) is 16.3 Å². The molecule has 26 heavy (non-hydrogen) atoms. The number of hydrogen-bond acceptors (Lipinski definition) is 7. The average Bonchev–Trinajstić information content (AvgIpc) is 3.08. The summed E-state index contributed by atoms with van der Waals surface area (Å²) in [5.74, 6) is -0.402. The summed E-state index contributed by atoms with van der Waals surface area (Å²) in [7, 11) is 0. The van der Waals surface area contributed by atoms with Crippen LogP contribution in [0.1, 0.15) is 17.3 Å². The van der Waals surface area contributed by atoms with Crippen LogP contribution in [0.3, 0.4) is 0 Å². The van der Waals surface area contributed by atoms with Crippen LogP contribution in [-0.4, -0.2) is 45.0 Å². The van der Waals surface area contributed by atoms with Crippen LogP contribution in [0.5, 0.6) is 0 Å². The second kappa shape index (κ2) is 7.79. The summed E-state index contributed by atoms with van der Waals surface area (Å²) in [4.78, 5) is 38.8. The number of esters is 1. The Bertz CT molecular complexity index is 958. The molecule has 3 rings (SSSR count). The molecule has 0 unspecified atom stereocenters. The molecule has 0 spiro atoms. The minimum atomic E-state index is -0.445. The van der Waals surface area contributed by atoms with Crippen molar-refractivity contribution in [3.8, 4) is 0 Å². The van der Waals surface area contributed by atoms with E-state index < -0.39 is 5.97 Å². The van der Waals surface area contributed by atoms with Crippen molar-refractivity contribution in [1.29, 1.82) is 0 Å². The van der Waals surface area contributed by atoms with E-state index in [1.165, 1.54) is 6.33 Å².